The molecule has 1 heterocycles. The summed E-state index contributed by atoms with van der Waals surface area (Å²) in [6.45, 7) is 2.01. The molecule has 9 nitrogen and oxygen atoms in total. The lowest BCUT2D eigenvalue weighted by Gasteiger charge is -2.07. The van der Waals surface area contributed by atoms with Crippen LogP contribution in [0.3, 0.4) is 0 Å². The first-order chi connectivity index (χ1) is 15.7. The molecule has 10 heteroatoms. The number of aromatic amines is 1. The van der Waals surface area contributed by atoms with Gasteiger partial charge in [-0.05, 0) is 55.5 Å². The molecule has 2 N–H and O–H groups in total. The Morgan fingerprint density at radius 1 is 1.21 bits per heavy atom. The van der Waals surface area contributed by atoms with Gasteiger partial charge in [-0.2, -0.15) is 0 Å². The number of nitrogens with zero attached hydrogens (tertiary/aromatic N) is 2. The van der Waals surface area contributed by atoms with E-state index >= 15 is 0 Å². The summed E-state index contributed by atoms with van der Waals surface area (Å²) in [5.74, 6) is -1.16. The van der Waals surface area contributed by atoms with Crippen molar-refractivity contribution in [2.75, 3.05) is 11.0 Å². The maximum atomic E-state index is 13.2. The third kappa shape index (κ3) is 6.42. The fourth-order valence-corrected chi connectivity index (χ4v) is 3.96. The van der Waals surface area contributed by atoms with Crippen LogP contribution in [-0.4, -0.2) is 36.6 Å². The number of hydrogen-bond donors (Lipinski definition) is 2. The van der Waals surface area contributed by atoms with Gasteiger partial charge in [-0.15, -0.1) is 0 Å². The van der Waals surface area contributed by atoms with E-state index in [1.54, 1.807) is 18.2 Å². The number of aliphatic carboxylic acids is 1. The van der Waals surface area contributed by atoms with Crippen molar-refractivity contribution in [3.63, 3.8) is 0 Å². The molecule has 3 aromatic rings. The third-order valence-electron chi connectivity index (χ3n) is 4.93. The van der Waals surface area contributed by atoms with E-state index in [-0.39, 0.29) is 18.4 Å². The first-order valence-electron chi connectivity index (χ1n) is 10.4. The molecule has 0 saturated heterocycles. The second-order valence-electron chi connectivity index (χ2n) is 7.54. The molecular formula is C23H25N4O5S-. The zero-order valence-electron chi connectivity index (χ0n) is 18.4. The van der Waals surface area contributed by atoms with Crippen LogP contribution in [-0.2, 0) is 27.7 Å². The molecule has 0 aliphatic heterocycles. The quantitative estimate of drug-likeness (QED) is 0.437. The monoisotopic (exact) mass is 469 g/mol. The van der Waals surface area contributed by atoms with Gasteiger partial charge in [0.1, 0.15) is 0 Å². The Labute approximate surface area is 191 Å². The largest absolute Gasteiger partial charge is 0.550 e. The highest BCUT2D eigenvalue weighted by Crippen LogP contribution is 2.20. The molecule has 0 atom stereocenters. The van der Waals surface area contributed by atoms with E-state index in [1.165, 1.54) is 17.0 Å². The van der Waals surface area contributed by atoms with Gasteiger partial charge in [0.15, 0.2) is 0 Å². The normalized spacial score (nSPS) is 11.7. The van der Waals surface area contributed by atoms with Gasteiger partial charge in [0, 0.05) is 17.9 Å². The molecule has 0 bridgehead atoms. The summed E-state index contributed by atoms with van der Waals surface area (Å²) in [7, 11) is -3.49. The average molecular weight is 470 g/mol. The topological polar surface area (TPSA) is 136 Å². The van der Waals surface area contributed by atoms with E-state index in [0.717, 1.165) is 23.9 Å². The number of benzene rings is 2. The van der Waals surface area contributed by atoms with Gasteiger partial charge in [0.2, 0.25) is 10.0 Å². The second-order valence-corrected chi connectivity index (χ2v) is 9.28. The molecule has 0 unspecified atom stereocenters. The molecule has 0 aliphatic rings. The summed E-state index contributed by atoms with van der Waals surface area (Å²) in [6.07, 6.45) is 3.74. The van der Waals surface area contributed by atoms with Crippen molar-refractivity contribution >= 4 is 33.6 Å². The molecule has 0 aliphatic carbocycles. The maximum Gasteiger partial charge on any atom is 0.280 e. The average Bonchev–Trinajstić information content (AvgIpc) is 3.06. The number of aromatic nitrogens is 2. The molecule has 1 aromatic heterocycles. The van der Waals surface area contributed by atoms with Gasteiger partial charge >= 0.3 is 0 Å². The van der Waals surface area contributed by atoms with E-state index in [0.29, 0.717) is 29.1 Å². The van der Waals surface area contributed by atoms with Gasteiger partial charge in [-0.3, -0.25) is 19.6 Å². The van der Waals surface area contributed by atoms with Gasteiger partial charge in [-0.25, -0.2) is 13.1 Å². The third-order valence-corrected chi connectivity index (χ3v) is 5.53. The van der Waals surface area contributed by atoms with Crippen molar-refractivity contribution in [2.24, 2.45) is 4.99 Å². The number of carbonyl (C=O) groups is 1. The van der Waals surface area contributed by atoms with E-state index in [2.05, 4.69) is 14.8 Å². The zero-order chi connectivity index (χ0) is 24.0. The van der Waals surface area contributed by atoms with Crippen LogP contribution in [0.1, 0.15) is 36.6 Å². The highest BCUT2D eigenvalue weighted by molar-refractivity contribution is 7.92. The number of rotatable bonds is 10. The highest BCUT2D eigenvalue weighted by Gasteiger charge is 2.15. The number of aryl methyl sites for hydroxylation is 2. The van der Waals surface area contributed by atoms with Crippen LogP contribution in [0.15, 0.2) is 58.3 Å². The fourth-order valence-electron chi connectivity index (χ4n) is 3.40. The molecule has 0 radical (unpaired) electrons. The minimum Gasteiger partial charge on any atom is -0.550 e. The summed E-state index contributed by atoms with van der Waals surface area (Å²) < 4.78 is 26.8. The zero-order valence-corrected chi connectivity index (χ0v) is 19.2. The number of hydrogen-bond acceptors (Lipinski definition) is 6. The Morgan fingerprint density at radius 2 is 1.97 bits per heavy atom. The van der Waals surface area contributed by atoms with Crippen molar-refractivity contribution in [3.05, 3.63) is 75.7 Å². The second kappa shape index (κ2) is 10.3. The molecule has 0 fully saturated rings. The van der Waals surface area contributed by atoms with Gasteiger partial charge in [0.25, 0.3) is 5.56 Å². The first kappa shape index (κ1) is 24.0. The van der Waals surface area contributed by atoms with Gasteiger partial charge < -0.3 is 9.90 Å². The summed E-state index contributed by atoms with van der Waals surface area (Å²) in [5, 5.41) is 13.8. The molecule has 2 aromatic carbocycles. The molecule has 33 heavy (non-hydrogen) atoms. The molecule has 0 spiro atoms. The van der Waals surface area contributed by atoms with E-state index < -0.39 is 16.0 Å². The SMILES string of the molecule is CCc1ccccc1N=Cc1c(CCCC(=O)[O-])[nH]n(-c2cccc(NS(C)(=O)=O)c2)c1=O. The lowest BCUT2D eigenvalue weighted by Crippen LogP contribution is -2.21. The van der Waals surface area contributed by atoms with Gasteiger partial charge in [0.05, 0.1) is 28.9 Å². The predicted molar refractivity (Wildman–Crippen MR) is 126 cm³/mol. The number of para-hydroxylation sites is 1. The molecule has 174 valence electrons. The number of aliphatic imine (C=N–C) groups is 1. The fraction of sp³-hybridized carbons (Fsp3) is 0.261. The summed E-state index contributed by atoms with van der Waals surface area (Å²) in [6, 6.07) is 14.0. The van der Waals surface area contributed by atoms with Crippen molar-refractivity contribution < 1.29 is 18.3 Å². The van der Waals surface area contributed by atoms with Crippen LogP contribution in [0, 0.1) is 0 Å². The number of anilines is 1. The molecule has 0 amide bonds. The summed E-state index contributed by atoms with van der Waals surface area (Å²) >= 11 is 0. The lowest BCUT2D eigenvalue weighted by molar-refractivity contribution is -0.305. The number of nitrogens with one attached hydrogen (secondary N) is 2. The number of carboxylic acid groups (broad SMARTS) is 1. The standard InChI is InChI=1S/C23H26N4O5S/c1-3-16-8-4-5-11-20(16)24-15-19-21(12-7-13-22(28)29)25-27(23(19)30)18-10-6-9-17(14-18)26-33(2,31)32/h4-6,8-11,14-15,25-26H,3,7,12-13H2,1-2H3,(H,28,29)/p-1. The Bertz CT molecular complexity index is 1340. The van der Waals surface area contributed by atoms with E-state index in [9.17, 15) is 23.1 Å². The Balaban J connectivity index is 2.03. The summed E-state index contributed by atoms with van der Waals surface area (Å²) in [5.41, 5.74) is 2.95. The van der Waals surface area contributed by atoms with Crippen molar-refractivity contribution in [2.45, 2.75) is 32.6 Å². The number of H-pyrrole nitrogens is 1. The van der Waals surface area contributed by atoms with Crippen LogP contribution < -0.4 is 15.4 Å². The van der Waals surface area contributed by atoms with Crippen LogP contribution in [0.4, 0.5) is 11.4 Å². The minimum atomic E-state index is -3.49. The number of sulfonamides is 1. The number of carbonyl (C=O) groups excluding carboxylic acids is 1. The van der Waals surface area contributed by atoms with Crippen LogP contribution in [0.2, 0.25) is 0 Å². The van der Waals surface area contributed by atoms with E-state index in [1.807, 2.05) is 31.2 Å². The lowest BCUT2D eigenvalue weighted by atomic mass is 10.1. The number of carboxylic acids is 1. The van der Waals surface area contributed by atoms with E-state index in [4.69, 9.17) is 0 Å². The van der Waals surface area contributed by atoms with Crippen LogP contribution in [0.25, 0.3) is 5.69 Å². The maximum absolute atomic E-state index is 13.2. The Morgan fingerprint density at radius 3 is 2.67 bits per heavy atom. The Kier molecular flexibility index (Phi) is 7.49. The smallest absolute Gasteiger partial charge is 0.280 e. The summed E-state index contributed by atoms with van der Waals surface area (Å²) in [4.78, 5) is 28.6. The molecule has 0 saturated carbocycles. The van der Waals surface area contributed by atoms with Crippen LogP contribution >= 0.6 is 0 Å². The Hall–Kier alpha value is -3.66. The molecule has 3 rings (SSSR count). The minimum absolute atomic E-state index is 0.143. The highest BCUT2D eigenvalue weighted by atomic mass is 32.2. The van der Waals surface area contributed by atoms with Crippen molar-refractivity contribution in [1.82, 2.24) is 9.78 Å². The molecular weight excluding hydrogens is 444 g/mol. The first-order valence-corrected chi connectivity index (χ1v) is 12.3. The van der Waals surface area contributed by atoms with Crippen molar-refractivity contribution in [1.29, 1.82) is 0 Å². The predicted octanol–water partition coefficient (Wildman–Crippen LogP) is 1.92. The van der Waals surface area contributed by atoms with Crippen molar-refractivity contribution in [3.8, 4) is 5.69 Å². The van der Waals surface area contributed by atoms with Crippen LogP contribution in [0.5, 0.6) is 0 Å². The van der Waals surface area contributed by atoms with Gasteiger partial charge in [-0.1, -0.05) is 31.2 Å².